The van der Waals surface area contributed by atoms with E-state index in [9.17, 15) is 9.59 Å². The van der Waals surface area contributed by atoms with Gasteiger partial charge in [0.1, 0.15) is 5.44 Å². The van der Waals surface area contributed by atoms with Crippen molar-refractivity contribution >= 4 is 11.8 Å². The molecule has 14 heavy (non-hydrogen) atoms. The van der Waals surface area contributed by atoms with E-state index in [4.69, 9.17) is 4.74 Å². The zero-order valence-electron chi connectivity index (χ0n) is 7.23. The van der Waals surface area contributed by atoms with Crippen molar-refractivity contribution in [2.45, 2.75) is 12.0 Å². The maximum atomic E-state index is 11.2. The fourth-order valence-corrected chi connectivity index (χ4v) is 2.04. The van der Waals surface area contributed by atoms with Crippen LogP contribution in [0.1, 0.15) is 0 Å². The standard InChI is InChI=1S/C7H8N3O3S/c11-6-7(12)10(4-8-9-6)3-5-13-1-2-14-5/h5H,1-3H2,(H,9,11). The number of nitrogens with zero attached hydrogens (tertiary/aromatic N) is 2. The van der Waals surface area contributed by atoms with Crippen LogP contribution >= 0.6 is 11.8 Å². The first-order valence-electron chi connectivity index (χ1n) is 4.08. The second kappa shape index (κ2) is 3.97. The molecule has 2 rings (SSSR count). The Kier molecular flexibility index (Phi) is 2.69. The van der Waals surface area contributed by atoms with Crippen LogP contribution in [0.3, 0.4) is 0 Å². The molecule has 0 aliphatic carbocycles. The predicted molar refractivity (Wildman–Crippen MR) is 50.2 cm³/mol. The van der Waals surface area contributed by atoms with E-state index in [2.05, 4.69) is 11.4 Å². The zero-order chi connectivity index (χ0) is 9.97. The molecule has 1 atom stereocenters. The van der Waals surface area contributed by atoms with Crippen LogP contribution in [0.15, 0.2) is 9.59 Å². The van der Waals surface area contributed by atoms with E-state index in [-0.39, 0.29) is 5.44 Å². The Labute approximate surface area is 83.3 Å². The molecule has 0 saturated carbocycles. The van der Waals surface area contributed by atoms with Crippen molar-refractivity contribution in [2.24, 2.45) is 0 Å². The maximum Gasteiger partial charge on any atom is 0.330 e. The first kappa shape index (κ1) is 9.47. The molecule has 1 fully saturated rings. The molecule has 1 unspecified atom stereocenters. The third kappa shape index (κ3) is 1.88. The second-order valence-electron chi connectivity index (χ2n) is 2.74. The number of hydrogen-bond acceptors (Lipinski definition) is 5. The molecule has 1 aromatic rings. The Morgan fingerprint density at radius 3 is 3.29 bits per heavy atom. The number of rotatable bonds is 2. The number of ether oxygens (including phenoxy) is 1. The quantitative estimate of drug-likeness (QED) is 0.627. The molecule has 75 valence electrons. The summed E-state index contributed by atoms with van der Waals surface area (Å²) < 4.78 is 6.44. The Hall–Kier alpha value is -1.08. The molecule has 1 saturated heterocycles. The molecule has 1 aliphatic heterocycles. The van der Waals surface area contributed by atoms with E-state index in [1.54, 1.807) is 11.8 Å². The lowest BCUT2D eigenvalue weighted by atomic mass is 10.6. The number of nitrogens with one attached hydrogen (secondary N) is 1. The van der Waals surface area contributed by atoms with Gasteiger partial charge in [-0.05, 0) is 0 Å². The molecule has 1 radical (unpaired) electrons. The molecule has 1 aromatic heterocycles. The highest BCUT2D eigenvalue weighted by molar-refractivity contribution is 7.99. The summed E-state index contributed by atoms with van der Waals surface area (Å²) in [7, 11) is 0. The largest absolute Gasteiger partial charge is 0.365 e. The zero-order valence-corrected chi connectivity index (χ0v) is 8.04. The minimum Gasteiger partial charge on any atom is -0.365 e. The maximum absolute atomic E-state index is 11.2. The molecule has 0 bridgehead atoms. The van der Waals surface area contributed by atoms with Crippen LogP contribution in [0.4, 0.5) is 0 Å². The molecule has 2 heterocycles. The van der Waals surface area contributed by atoms with Crippen LogP contribution in [-0.2, 0) is 11.3 Å². The van der Waals surface area contributed by atoms with Gasteiger partial charge in [-0.2, -0.15) is 5.10 Å². The third-order valence-electron chi connectivity index (χ3n) is 1.79. The SMILES string of the molecule is O=c1[nH]n[c]n(CC2OCCS2)c1=O. The van der Waals surface area contributed by atoms with Crippen LogP contribution in [0, 0.1) is 6.33 Å². The van der Waals surface area contributed by atoms with Gasteiger partial charge in [-0.25, -0.2) is 5.10 Å². The summed E-state index contributed by atoms with van der Waals surface area (Å²) in [6.07, 6.45) is 2.41. The van der Waals surface area contributed by atoms with Crippen molar-refractivity contribution < 1.29 is 4.74 Å². The van der Waals surface area contributed by atoms with Crippen molar-refractivity contribution in [1.82, 2.24) is 14.8 Å². The van der Waals surface area contributed by atoms with Crippen molar-refractivity contribution in [3.8, 4) is 0 Å². The fraction of sp³-hybridized carbons (Fsp3) is 0.571. The van der Waals surface area contributed by atoms with Gasteiger partial charge >= 0.3 is 11.1 Å². The highest BCUT2D eigenvalue weighted by Crippen LogP contribution is 2.20. The van der Waals surface area contributed by atoms with Gasteiger partial charge in [0.05, 0.1) is 13.2 Å². The highest BCUT2D eigenvalue weighted by atomic mass is 32.2. The minimum absolute atomic E-state index is 0.0763. The molecule has 7 heteroatoms. The van der Waals surface area contributed by atoms with Gasteiger partial charge in [0.25, 0.3) is 0 Å². The van der Waals surface area contributed by atoms with Gasteiger partial charge in [-0.1, -0.05) is 0 Å². The Morgan fingerprint density at radius 1 is 1.71 bits per heavy atom. The van der Waals surface area contributed by atoms with Gasteiger partial charge in [0, 0.05) is 5.75 Å². The fourth-order valence-electron chi connectivity index (χ4n) is 1.14. The Bertz CT molecular complexity index is 421. The lowest BCUT2D eigenvalue weighted by molar-refractivity contribution is 0.129. The Morgan fingerprint density at radius 2 is 2.57 bits per heavy atom. The number of aromatic nitrogens is 3. The topological polar surface area (TPSA) is 77.0 Å². The van der Waals surface area contributed by atoms with Crippen LogP contribution < -0.4 is 11.1 Å². The summed E-state index contributed by atoms with van der Waals surface area (Å²) in [6, 6.07) is 0. The van der Waals surface area contributed by atoms with Crippen LogP contribution in [0.2, 0.25) is 0 Å². The van der Waals surface area contributed by atoms with Gasteiger partial charge in [0.15, 0.2) is 0 Å². The number of thioether (sulfide) groups is 1. The molecule has 1 N–H and O–H groups in total. The van der Waals surface area contributed by atoms with Gasteiger partial charge in [-0.15, -0.1) is 11.8 Å². The summed E-state index contributed by atoms with van der Waals surface area (Å²) >= 11 is 1.61. The summed E-state index contributed by atoms with van der Waals surface area (Å²) in [5, 5.41) is 5.45. The summed E-state index contributed by atoms with van der Waals surface area (Å²) in [6.45, 7) is 1.00. The summed E-state index contributed by atoms with van der Waals surface area (Å²) in [5.41, 5.74) is -1.45. The lowest BCUT2D eigenvalue weighted by Crippen LogP contribution is -2.38. The number of hydrogen-bond donors (Lipinski definition) is 1. The first-order valence-corrected chi connectivity index (χ1v) is 5.12. The van der Waals surface area contributed by atoms with E-state index >= 15 is 0 Å². The van der Waals surface area contributed by atoms with E-state index < -0.39 is 11.1 Å². The number of H-pyrrole nitrogens is 1. The van der Waals surface area contributed by atoms with Gasteiger partial charge < -0.3 is 4.74 Å². The molecule has 0 spiro atoms. The van der Waals surface area contributed by atoms with Gasteiger partial charge in [-0.3, -0.25) is 14.2 Å². The van der Waals surface area contributed by atoms with Gasteiger partial charge in [0.2, 0.25) is 6.33 Å². The third-order valence-corrected chi connectivity index (χ3v) is 2.85. The normalized spacial score (nSPS) is 21.3. The molecule has 0 amide bonds. The minimum atomic E-state index is -0.730. The van der Waals surface area contributed by atoms with Crippen molar-refractivity contribution in [3.63, 3.8) is 0 Å². The first-order chi connectivity index (χ1) is 6.77. The van der Waals surface area contributed by atoms with E-state index in [1.165, 1.54) is 0 Å². The molecule has 0 aromatic carbocycles. The van der Waals surface area contributed by atoms with Crippen molar-refractivity contribution in [1.29, 1.82) is 0 Å². The highest BCUT2D eigenvalue weighted by Gasteiger charge is 2.17. The lowest BCUT2D eigenvalue weighted by Gasteiger charge is -2.08. The number of aromatic amines is 1. The van der Waals surface area contributed by atoms with E-state index in [0.717, 1.165) is 10.3 Å². The van der Waals surface area contributed by atoms with E-state index in [0.29, 0.717) is 13.2 Å². The summed E-state index contributed by atoms with van der Waals surface area (Å²) in [5.74, 6) is 0.913. The second-order valence-corrected chi connectivity index (χ2v) is 4.01. The molecule has 6 nitrogen and oxygen atoms in total. The van der Waals surface area contributed by atoms with E-state index in [1.807, 2.05) is 5.10 Å². The Balaban J connectivity index is 2.20. The average molecular weight is 214 g/mol. The summed E-state index contributed by atoms with van der Waals surface area (Å²) in [4.78, 5) is 22.1. The van der Waals surface area contributed by atoms with Crippen LogP contribution in [0.5, 0.6) is 0 Å². The van der Waals surface area contributed by atoms with Crippen molar-refractivity contribution in [2.75, 3.05) is 12.4 Å². The van der Waals surface area contributed by atoms with Crippen molar-refractivity contribution in [3.05, 3.63) is 27.0 Å². The predicted octanol–water partition coefficient (Wildman–Crippen LogP) is -1.18. The molecular formula is C7H8N3O3S. The molecular weight excluding hydrogens is 206 g/mol. The average Bonchev–Trinajstić information content (AvgIpc) is 2.66. The smallest absolute Gasteiger partial charge is 0.330 e. The molecule has 1 aliphatic rings. The van der Waals surface area contributed by atoms with Crippen LogP contribution in [-0.4, -0.2) is 32.6 Å². The monoisotopic (exact) mass is 214 g/mol. The van der Waals surface area contributed by atoms with Crippen LogP contribution in [0.25, 0.3) is 0 Å².